The van der Waals surface area contributed by atoms with Gasteiger partial charge in [0, 0.05) is 6.21 Å². The molecule has 0 saturated carbocycles. The van der Waals surface area contributed by atoms with Gasteiger partial charge in [-0.05, 0) is 6.08 Å². The van der Waals surface area contributed by atoms with Gasteiger partial charge in [-0.3, -0.25) is 0 Å². The van der Waals surface area contributed by atoms with E-state index in [2.05, 4.69) is 10.5 Å². The van der Waals surface area contributed by atoms with Gasteiger partial charge in [0.25, 0.3) is 0 Å². The average molecular weight is 161 g/mol. The quantitative estimate of drug-likeness (QED) is 0.504. The zero-order valence-electron chi connectivity index (χ0n) is 5.11. The molecule has 0 aromatic heterocycles. The lowest BCUT2D eigenvalue weighted by Crippen LogP contribution is -2.24. The standard InChI is InChI=1S/C4H7N3O2S/c5-10(8,9)4-1-2-6-7-3-4/h1-2,7H,3H2,(H2,5,8,9). The van der Waals surface area contributed by atoms with Crippen molar-refractivity contribution in [1.29, 1.82) is 0 Å². The van der Waals surface area contributed by atoms with Crippen LogP contribution in [0.3, 0.4) is 0 Å². The van der Waals surface area contributed by atoms with Crippen LogP contribution in [0.5, 0.6) is 0 Å². The second kappa shape index (κ2) is 2.39. The summed E-state index contributed by atoms with van der Waals surface area (Å²) in [6.45, 7) is 0.176. The molecule has 0 aromatic rings. The SMILES string of the molecule is NS(=O)(=O)C1=CC=NNC1. The Labute approximate surface area is 58.7 Å². The molecule has 0 aliphatic carbocycles. The largest absolute Gasteiger partial charge is 0.305 e. The fraction of sp³-hybridized carbons (Fsp3) is 0.250. The molecule has 0 radical (unpaired) electrons. The van der Waals surface area contributed by atoms with Crippen molar-refractivity contribution in [3.63, 3.8) is 0 Å². The highest BCUT2D eigenvalue weighted by Gasteiger charge is 2.11. The summed E-state index contributed by atoms with van der Waals surface area (Å²) in [7, 11) is -3.52. The molecule has 0 atom stereocenters. The van der Waals surface area contributed by atoms with Gasteiger partial charge in [0.15, 0.2) is 0 Å². The summed E-state index contributed by atoms with van der Waals surface area (Å²) < 4.78 is 21.2. The first kappa shape index (κ1) is 7.23. The van der Waals surface area contributed by atoms with E-state index >= 15 is 0 Å². The van der Waals surface area contributed by atoms with Gasteiger partial charge in [0.05, 0.1) is 11.4 Å². The Morgan fingerprint density at radius 2 is 2.40 bits per heavy atom. The Balaban J connectivity index is 2.93. The van der Waals surface area contributed by atoms with Gasteiger partial charge in [-0.1, -0.05) is 0 Å². The summed E-state index contributed by atoms with van der Waals surface area (Å²) >= 11 is 0. The molecule has 56 valence electrons. The molecular formula is C4H7N3O2S. The highest BCUT2D eigenvalue weighted by Crippen LogP contribution is 2.00. The minimum atomic E-state index is -3.52. The third-order valence-electron chi connectivity index (χ3n) is 1.04. The van der Waals surface area contributed by atoms with Crippen molar-refractivity contribution in [2.75, 3.05) is 6.54 Å². The van der Waals surface area contributed by atoms with E-state index in [0.717, 1.165) is 0 Å². The van der Waals surface area contributed by atoms with Crippen LogP contribution in [0.1, 0.15) is 0 Å². The second-order valence-electron chi connectivity index (χ2n) is 1.79. The van der Waals surface area contributed by atoms with Gasteiger partial charge in [-0.25, -0.2) is 13.6 Å². The Bertz CT molecular complexity index is 277. The number of nitrogens with one attached hydrogen (secondary N) is 1. The summed E-state index contributed by atoms with van der Waals surface area (Å²) in [5, 5.41) is 8.38. The van der Waals surface area contributed by atoms with E-state index in [1.165, 1.54) is 12.3 Å². The van der Waals surface area contributed by atoms with Crippen LogP contribution in [-0.2, 0) is 10.0 Å². The monoisotopic (exact) mass is 161 g/mol. The Morgan fingerprint density at radius 3 is 2.70 bits per heavy atom. The lowest BCUT2D eigenvalue weighted by Gasteiger charge is -2.06. The predicted octanol–water partition coefficient (Wildman–Crippen LogP) is -1.25. The van der Waals surface area contributed by atoms with Crippen molar-refractivity contribution in [3.05, 3.63) is 11.0 Å². The fourth-order valence-corrected chi connectivity index (χ4v) is 1.07. The molecule has 0 unspecified atom stereocenters. The molecule has 5 nitrogen and oxygen atoms in total. The maximum absolute atomic E-state index is 10.6. The van der Waals surface area contributed by atoms with Crippen molar-refractivity contribution in [2.24, 2.45) is 10.2 Å². The van der Waals surface area contributed by atoms with Crippen LogP contribution < -0.4 is 10.6 Å². The molecule has 0 fully saturated rings. The number of primary sulfonamides is 1. The topological polar surface area (TPSA) is 84.6 Å². The third-order valence-corrected chi connectivity index (χ3v) is 2.06. The first-order chi connectivity index (χ1) is 4.61. The maximum atomic E-state index is 10.6. The number of nitrogens with two attached hydrogens (primary N) is 1. The lowest BCUT2D eigenvalue weighted by molar-refractivity contribution is 0.601. The minimum Gasteiger partial charge on any atom is -0.305 e. The number of hydrogen-bond donors (Lipinski definition) is 2. The summed E-state index contributed by atoms with van der Waals surface area (Å²) in [6.07, 6.45) is 2.72. The fourth-order valence-electron chi connectivity index (χ4n) is 0.551. The van der Waals surface area contributed by atoms with Crippen molar-refractivity contribution < 1.29 is 8.42 Å². The number of rotatable bonds is 1. The molecule has 10 heavy (non-hydrogen) atoms. The molecular weight excluding hydrogens is 154 g/mol. The zero-order valence-corrected chi connectivity index (χ0v) is 5.93. The molecule has 1 aliphatic heterocycles. The van der Waals surface area contributed by atoms with Crippen LogP contribution in [0.4, 0.5) is 0 Å². The molecule has 1 rings (SSSR count). The predicted molar refractivity (Wildman–Crippen MR) is 37.7 cm³/mol. The van der Waals surface area contributed by atoms with Crippen LogP contribution in [0.25, 0.3) is 0 Å². The number of sulfonamides is 1. The van der Waals surface area contributed by atoms with Crippen LogP contribution in [-0.4, -0.2) is 21.2 Å². The number of allylic oxidation sites excluding steroid dienone is 1. The van der Waals surface area contributed by atoms with Gasteiger partial charge in [-0.15, -0.1) is 0 Å². The van der Waals surface area contributed by atoms with Crippen molar-refractivity contribution in [1.82, 2.24) is 5.43 Å². The molecule has 0 aromatic carbocycles. The molecule has 0 amide bonds. The van der Waals surface area contributed by atoms with Crippen molar-refractivity contribution in [2.45, 2.75) is 0 Å². The van der Waals surface area contributed by atoms with Crippen LogP contribution in [0.2, 0.25) is 0 Å². The van der Waals surface area contributed by atoms with E-state index in [4.69, 9.17) is 5.14 Å². The average Bonchev–Trinajstić information content (AvgIpc) is 1.88. The van der Waals surface area contributed by atoms with Gasteiger partial charge >= 0.3 is 0 Å². The molecule has 0 spiro atoms. The highest BCUT2D eigenvalue weighted by molar-refractivity contribution is 7.93. The normalized spacial score (nSPS) is 17.9. The van der Waals surface area contributed by atoms with E-state index in [1.54, 1.807) is 0 Å². The number of hydrazone groups is 1. The van der Waals surface area contributed by atoms with Crippen molar-refractivity contribution in [3.8, 4) is 0 Å². The van der Waals surface area contributed by atoms with Gasteiger partial charge in [-0.2, -0.15) is 5.10 Å². The summed E-state index contributed by atoms with van der Waals surface area (Å²) in [5.74, 6) is 0. The maximum Gasteiger partial charge on any atom is 0.236 e. The second-order valence-corrected chi connectivity index (χ2v) is 3.41. The van der Waals surface area contributed by atoms with Crippen LogP contribution >= 0.6 is 0 Å². The minimum absolute atomic E-state index is 0.155. The Morgan fingerprint density at radius 1 is 1.70 bits per heavy atom. The van der Waals surface area contributed by atoms with E-state index in [-0.39, 0.29) is 11.4 Å². The zero-order chi connectivity index (χ0) is 7.61. The Hall–Kier alpha value is -0.880. The molecule has 1 heterocycles. The van der Waals surface area contributed by atoms with E-state index in [1.807, 2.05) is 0 Å². The summed E-state index contributed by atoms with van der Waals surface area (Å²) in [5.41, 5.74) is 2.48. The van der Waals surface area contributed by atoms with Gasteiger partial charge in [0.2, 0.25) is 10.0 Å². The Kier molecular flexibility index (Phi) is 1.73. The first-order valence-electron chi connectivity index (χ1n) is 2.58. The molecule has 6 heteroatoms. The third kappa shape index (κ3) is 1.55. The number of nitrogens with zero attached hydrogens (tertiary/aromatic N) is 1. The summed E-state index contributed by atoms with van der Waals surface area (Å²) in [6, 6.07) is 0. The van der Waals surface area contributed by atoms with Gasteiger partial charge in [0.1, 0.15) is 0 Å². The van der Waals surface area contributed by atoms with Crippen LogP contribution in [0, 0.1) is 0 Å². The smallest absolute Gasteiger partial charge is 0.236 e. The molecule has 0 bridgehead atoms. The number of hydrogen-bond acceptors (Lipinski definition) is 4. The van der Waals surface area contributed by atoms with Crippen molar-refractivity contribution >= 4 is 16.2 Å². The van der Waals surface area contributed by atoms with E-state index in [9.17, 15) is 8.42 Å². The molecule has 3 N–H and O–H groups in total. The molecule has 1 aliphatic rings. The summed E-state index contributed by atoms with van der Waals surface area (Å²) in [4.78, 5) is 0.155. The van der Waals surface area contributed by atoms with Crippen LogP contribution in [0.15, 0.2) is 16.1 Å². The van der Waals surface area contributed by atoms with E-state index in [0.29, 0.717) is 0 Å². The lowest BCUT2D eigenvalue weighted by atomic mass is 10.5. The van der Waals surface area contributed by atoms with E-state index < -0.39 is 10.0 Å². The molecule has 0 saturated heterocycles. The first-order valence-corrected chi connectivity index (χ1v) is 4.13. The highest BCUT2D eigenvalue weighted by atomic mass is 32.2. The van der Waals surface area contributed by atoms with Gasteiger partial charge < -0.3 is 5.43 Å².